The fraction of sp³-hybridized carbons (Fsp3) is 0.105. The summed E-state index contributed by atoms with van der Waals surface area (Å²) in [6.45, 7) is 3.97. The Balaban J connectivity index is 1.96. The van der Waals surface area contributed by atoms with Crippen molar-refractivity contribution in [3.8, 4) is 5.69 Å². The van der Waals surface area contributed by atoms with Crippen LogP contribution in [0.1, 0.15) is 22.1 Å². The van der Waals surface area contributed by atoms with Crippen LogP contribution in [0.15, 0.2) is 45.9 Å². The standard InChI is InChI=1S/C19H15N3OS2/c1-12-5-3-4-6-16(12)22-17(8-7-14-11-25-13(2)20-14)21-15-9-10-24-18(15)19(22)23/h3-11H,1-2H3/b8-7+. The Kier molecular flexibility index (Phi) is 4.07. The minimum atomic E-state index is -0.0385. The molecule has 4 rings (SSSR count). The average molecular weight is 365 g/mol. The van der Waals surface area contributed by atoms with Gasteiger partial charge < -0.3 is 0 Å². The molecule has 0 aliphatic heterocycles. The molecule has 0 aliphatic carbocycles. The summed E-state index contributed by atoms with van der Waals surface area (Å²) in [6, 6.07) is 9.73. The number of aryl methyl sites for hydroxylation is 2. The lowest BCUT2D eigenvalue weighted by Gasteiger charge is -2.12. The highest BCUT2D eigenvalue weighted by Gasteiger charge is 2.13. The molecule has 0 bridgehead atoms. The van der Waals surface area contributed by atoms with Gasteiger partial charge in [0.1, 0.15) is 10.5 Å². The van der Waals surface area contributed by atoms with Crippen LogP contribution in [0.3, 0.4) is 0 Å². The van der Waals surface area contributed by atoms with Gasteiger partial charge >= 0.3 is 0 Å². The molecule has 4 nitrogen and oxygen atoms in total. The van der Waals surface area contributed by atoms with Crippen LogP contribution in [-0.2, 0) is 0 Å². The Labute approximate surface area is 152 Å². The van der Waals surface area contributed by atoms with Crippen LogP contribution in [0, 0.1) is 13.8 Å². The van der Waals surface area contributed by atoms with Crippen molar-refractivity contribution in [1.82, 2.24) is 14.5 Å². The number of hydrogen-bond donors (Lipinski definition) is 0. The molecule has 0 N–H and O–H groups in total. The van der Waals surface area contributed by atoms with Gasteiger partial charge in [0.15, 0.2) is 0 Å². The molecule has 3 aromatic heterocycles. The molecular formula is C19H15N3OS2. The van der Waals surface area contributed by atoms with Crippen LogP contribution in [0.2, 0.25) is 0 Å². The average Bonchev–Trinajstić information content (AvgIpc) is 3.23. The monoisotopic (exact) mass is 365 g/mol. The second-order valence-electron chi connectivity index (χ2n) is 5.66. The van der Waals surface area contributed by atoms with E-state index >= 15 is 0 Å². The molecule has 4 aromatic rings. The smallest absolute Gasteiger partial charge is 0.267 e. The molecule has 0 unspecified atom stereocenters. The summed E-state index contributed by atoms with van der Waals surface area (Å²) in [5.41, 5.74) is 3.45. The van der Waals surface area contributed by atoms with Crippen LogP contribution in [0.25, 0.3) is 28.1 Å². The van der Waals surface area contributed by atoms with Crippen LogP contribution in [0.5, 0.6) is 0 Å². The Morgan fingerprint density at radius 1 is 1.04 bits per heavy atom. The first-order valence-corrected chi connectivity index (χ1v) is 9.56. The van der Waals surface area contributed by atoms with Crippen molar-refractivity contribution in [2.45, 2.75) is 13.8 Å². The molecule has 124 valence electrons. The third-order valence-corrected chi connectivity index (χ3v) is 5.59. The van der Waals surface area contributed by atoms with Gasteiger partial charge in [-0.3, -0.25) is 9.36 Å². The lowest BCUT2D eigenvalue weighted by Crippen LogP contribution is -2.22. The van der Waals surface area contributed by atoms with E-state index in [0.29, 0.717) is 10.5 Å². The second-order valence-corrected chi connectivity index (χ2v) is 7.64. The van der Waals surface area contributed by atoms with Gasteiger partial charge in [0.2, 0.25) is 0 Å². The topological polar surface area (TPSA) is 47.8 Å². The predicted octanol–water partition coefficient (Wildman–Crippen LogP) is 4.69. The highest BCUT2D eigenvalue weighted by Crippen LogP contribution is 2.21. The second kappa shape index (κ2) is 6.38. The van der Waals surface area contributed by atoms with Gasteiger partial charge in [0.05, 0.1) is 21.9 Å². The lowest BCUT2D eigenvalue weighted by molar-refractivity contribution is 0.937. The fourth-order valence-corrected chi connectivity index (χ4v) is 4.05. The first kappa shape index (κ1) is 15.9. The van der Waals surface area contributed by atoms with Crippen molar-refractivity contribution in [3.63, 3.8) is 0 Å². The van der Waals surface area contributed by atoms with Gasteiger partial charge in [-0.1, -0.05) is 18.2 Å². The zero-order valence-corrected chi connectivity index (χ0v) is 15.4. The van der Waals surface area contributed by atoms with Gasteiger partial charge in [0, 0.05) is 5.38 Å². The highest BCUT2D eigenvalue weighted by atomic mass is 32.1. The Bertz CT molecular complexity index is 1150. The number of para-hydroxylation sites is 1. The first-order chi connectivity index (χ1) is 12.1. The third-order valence-electron chi connectivity index (χ3n) is 3.90. The minimum absolute atomic E-state index is 0.0385. The number of nitrogens with zero attached hydrogens (tertiary/aromatic N) is 3. The van der Waals surface area contributed by atoms with Gasteiger partial charge in [-0.15, -0.1) is 22.7 Å². The molecule has 3 heterocycles. The summed E-state index contributed by atoms with van der Waals surface area (Å²) in [5, 5.41) is 4.90. The normalized spacial score (nSPS) is 11.6. The van der Waals surface area contributed by atoms with Crippen LogP contribution in [-0.4, -0.2) is 14.5 Å². The van der Waals surface area contributed by atoms with Gasteiger partial charge in [-0.05, 0) is 49.1 Å². The van der Waals surface area contributed by atoms with Crippen molar-refractivity contribution in [2.75, 3.05) is 0 Å². The van der Waals surface area contributed by atoms with Gasteiger partial charge in [-0.2, -0.15) is 0 Å². The van der Waals surface area contributed by atoms with E-state index in [2.05, 4.69) is 4.98 Å². The molecule has 0 saturated carbocycles. The minimum Gasteiger partial charge on any atom is -0.267 e. The van der Waals surface area contributed by atoms with E-state index in [1.54, 1.807) is 15.9 Å². The number of hydrogen-bond acceptors (Lipinski definition) is 5. The number of fused-ring (bicyclic) bond motifs is 1. The quantitative estimate of drug-likeness (QED) is 0.529. The van der Waals surface area contributed by atoms with Crippen molar-refractivity contribution >= 4 is 45.0 Å². The first-order valence-electron chi connectivity index (χ1n) is 7.80. The molecule has 25 heavy (non-hydrogen) atoms. The lowest BCUT2D eigenvalue weighted by atomic mass is 10.2. The maximum Gasteiger partial charge on any atom is 0.276 e. The molecule has 0 fully saturated rings. The number of thiophene rings is 1. The highest BCUT2D eigenvalue weighted by molar-refractivity contribution is 7.17. The summed E-state index contributed by atoms with van der Waals surface area (Å²) >= 11 is 3.02. The molecule has 0 radical (unpaired) electrons. The molecule has 0 spiro atoms. The van der Waals surface area contributed by atoms with Crippen molar-refractivity contribution in [1.29, 1.82) is 0 Å². The zero-order chi connectivity index (χ0) is 17.4. The van der Waals surface area contributed by atoms with E-state index < -0.39 is 0 Å². The van der Waals surface area contributed by atoms with Gasteiger partial charge in [0.25, 0.3) is 5.56 Å². The summed E-state index contributed by atoms with van der Waals surface area (Å²) in [5.74, 6) is 0.607. The van der Waals surface area contributed by atoms with Crippen LogP contribution < -0.4 is 5.56 Å². The van der Waals surface area contributed by atoms with Crippen molar-refractivity contribution in [2.24, 2.45) is 0 Å². The maximum atomic E-state index is 13.1. The van der Waals surface area contributed by atoms with Crippen LogP contribution >= 0.6 is 22.7 Å². The summed E-state index contributed by atoms with van der Waals surface area (Å²) in [4.78, 5) is 22.2. The SMILES string of the molecule is Cc1nc(/C=C/c2nc3ccsc3c(=O)n2-c2ccccc2C)cs1. The fourth-order valence-electron chi connectivity index (χ4n) is 2.71. The van der Waals surface area contributed by atoms with E-state index in [0.717, 1.165) is 27.5 Å². The van der Waals surface area contributed by atoms with E-state index in [9.17, 15) is 4.79 Å². The Morgan fingerprint density at radius 3 is 2.64 bits per heavy atom. The largest absolute Gasteiger partial charge is 0.276 e. The molecule has 6 heteroatoms. The van der Waals surface area contributed by atoms with Crippen molar-refractivity contribution in [3.05, 3.63) is 73.5 Å². The number of benzene rings is 1. The van der Waals surface area contributed by atoms with Crippen LogP contribution in [0.4, 0.5) is 0 Å². The molecule has 0 aliphatic rings. The van der Waals surface area contributed by atoms with E-state index in [1.807, 2.05) is 67.1 Å². The summed E-state index contributed by atoms with van der Waals surface area (Å²) in [6.07, 6.45) is 3.76. The van der Waals surface area contributed by atoms with E-state index in [1.165, 1.54) is 11.3 Å². The van der Waals surface area contributed by atoms with Crippen molar-refractivity contribution < 1.29 is 0 Å². The Morgan fingerprint density at radius 2 is 1.88 bits per heavy atom. The molecule has 1 aromatic carbocycles. The molecule has 0 amide bonds. The molecule has 0 atom stereocenters. The number of rotatable bonds is 3. The van der Waals surface area contributed by atoms with E-state index in [-0.39, 0.29) is 5.56 Å². The number of aromatic nitrogens is 3. The predicted molar refractivity (Wildman–Crippen MR) is 106 cm³/mol. The van der Waals surface area contributed by atoms with Gasteiger partial charge in [-0.25, -0.2) is 9.97 Å². The van der Waals surface area contributed by atoms with E-state index in [4.69, 9.17) is 4.98 Å². The maximum absolute atomic E-state index is 13.1. The molecule has 0 saturated heterocycles. The third kappa shape index (κ3) is 2.94. The number of thiazole rings is 1. The summed E-state index contributed by atoms with van der Waals surface area (Å²) in [7, 11) is 0. The zero-order valence-electron chi connectivity index (χ0n) is 13.8. The summed E-state index contributed by atoms with van der Waals surface area (Å²) < 4.78 is 2.36. The molecular weight excluding hydrogens is 350 g/mol. The Hall–Kier alpha value is -2.57.